The Morgan fingerprint density at radius 1 is 1.22 bits per heavy atom. The molecule has 3 N–H and O–H groups in total. The van der Waals surface area contributed by atoms with Crippen LogP contribution in [-0.4, -0.2) is 27.6 Å². The number of nitrogens with one attached hydrogen (secondary N) is 1. The van der Waals surface area contributed by atoms with Crippen LogP contribution in [0.1, 0.15) is 49.3 Å². The molecule has 0 radical (unpaired) electrons. The van der Waals surface area contributed by atoms with Crippen molar-refractivity contribution in [2.45, 2.75) is 50.8 Å². The molecule has 1 aliphatic heterocycles. The lowest BCUT2D eigenvalue weighted by Crippen LogP contribution is -2.42. The Bertz CT molecular complexity index is 1670. The summed E-state index contributed by atoms with van der Waals surface area (Å²) in [6.07, 6.45) is 0.968. The second kappa shape index (κ2) is 11.4. The predicted molar refractivity (Wildman–Crippen MR) is 166 cm³/mol. The molecule has 0 bridgehead atoms. The molecule has 11 heteroatoms. The molecule has 210 valence electrons. The van der Waals surface area contributed by atoms with Crippen molar-refractivity contribution in [3.05, 3.63) is 86.3 Å². The van der Waals surface area contributed by atoms with E-state index in [-0.39, 0.29) is 28.7 Å². The number of aromatic nitrogens is 2. The van der Waals surface area contributed by atoms with E-state index < -0.39 is 5.92 Å². The third kappa shape index (κ3) is 5.96. The highest BCUT2D eigenvalue weighted by molar-refractivity contribution is 9.10. The number of carbonyl (C=O) groups is 2. The van der Waals surface area contributed by atoms with Gasteiger partial charge in [-0.2, -0.15) is 5.26 Å². The number of amides is 1. The summed E-state index contributed by atoms with van der Waals surface area (Å²) in [5, 5.41) is 22.3. The number of anilines is 2. The van der Waals surface area contributed by atoms with Crippen LogP contribution in [0.3, 0.4) is 0 Å². The summed E-state index contributed by atoms with van der Waals surface area (Å²) in [6, 6.07) is 15.9. The largest absolute Gasteiger partial charge is 0.384 e. The van der Waals surface area contributed by atoms with Gasteiger partial charge in [-0.05, 0) is 64.9 Å². The normalized spacial score (nSPS) is 18.3. The van der Waals surface area contributed by atoms with Gasteiger partial charge in [0.2, 0.25) is 11.0 Å². The van der Waals surface area contributed by atoms with Crippen molar-refractivity contribution in [2.75, 3.05) is 16.0 Å². The monoisotopic (exact) mass is 648 g/mol. The summed E-state index contributed by atoms with van der Waals surface area (Å²) in [6.45, 7) is 8.08. The number of rotatable bonds is 6. The molecule has 2 aromatic carbocycles. The van der Waals surface area contributed by atoms with Gasteiger partial charge in [-0.3, -0.25) is 14.5 Å². The maximum atomic E-state index is 13.7. The van der Waals surface area contributed by atoms with E-state index in [2.05, 4.69) is 51.4 Å². The number of nitrogens with two attached hydrogens (primary N) is 1. The van der Waals surface area contributed by atoms with Gasteiger partial charge in [0.25, 0.3) is 0 Å². The molecule has 1 atom stereocenters. The number of benzene rings is 2. The molecule has 1 aliphatic carbocycles. The zero-order chi connectivity index (χ0) is 29.5. The van der Waals surface area contributed by atoms with Crippen LogP contribution in [0.4, 0.5) is 10.8 Å². The summed E-state index contributed by atoms with van der Waals surface area (Å²) in [5.41, 5.74) is 11.8. The van der Waals surface area contributed by atoms with Crippen LogP contribution in [0.2, 0.25) is 0 Å². The molecular weight excluding hydrogens is 620 g/mol. The number of ketones is 1. The number of Topliss-reactive ketones (excluding diaryl/α,β-unsaturated/α-hetero) is 1. The molecule has 41 heavy (non-hydrogen) atoms. The van der Waals surface area contributed by atoms with Crippen LogP contribution in [-0.2, 0) is 9.59 Å². The van der Waals surface area contributed by atoms with Gasteiger partial charge >= 0.3 is 0 Å². The zero-order valence-electron chi connectivity index (χ0n) is 23.1. The molecule has 1 aromatic heterocycles. The zero-order valence-corrected chi connectivity index (χ0v) is 26.3. The molecule has 3 aromatic rings. The first-order valence-corrected chi connectivity index (χ1v) is 15.6. The van der Waals surface area contributed by atoms with Gasteiger partial charge in [0.1, 0.15) is 5.82 Å². The Kier molecular flexibility index (Phi) is 8.10. The molecule has 1 unspecified atom stereocenters. The number of halogens is 1. The predicted octanol–water partition coefficient (Wildman–Crippen LogP) is 6.59. The van der Waals surface area contributed by atoms with Gasteiger partial charge in [0.15, 0.2) is 10.1 Å². The highest BCUT2D eigenvalue weighted by Gasteiger charge is 2.45. The molecule has 8 nitrogen and oxygen atoms in total. The first-order chi connectivity index (χ1) is 19.5. The molecule has 0 saturated carbocycles. The Balaban J connectivity index is 1.46. The minimum absolute atomic E-state index is 0.00561. The molecule has 0 fully saturated rings. The molecule has 2 aliphatic rings. The SMILES string of the molecule is Cc1cccc(C2C(C#N)=C(N)N(c3nnc(SCC(=O)Nc4ccc(C)cc4Br)s3)C3=C2C(=O)CC(C)(C)C3)c1. The first-order valence-electron chi connectivity index (χ1n) is 13.0. The first kappa shape index (κ1) is 29.0. The molecule has 1 amide bonds. The smallest absolute Gasteiger partial charge is 0.234 e. The summed E-state index contributed by atoms with van der Waals surface area (Å²) >= 11 is 6.02. The Hall–Kier alpha value is -3.46. The molecular formula is C30H29BrN6O2S2. The number of hydrogen-bond donors (Lipinski definition) is 2. The van der Waals surface area contributed by atoms with Crippen LogP contribution >= 0.6 is 39.0 Å². The highest BCUT2D eigenvalue weighted by atomic mass is 79.9. The van der Waals surface area contributed by atoms with Gasteiger partial charge in [0, 0.05) is 22.2 Å². The lowest BCUT2D eigenvalue weighted by Gasteiger charge is -2.42. The van der Waals surface area contributed by atoms with E-state index >= 15 is 0 Å². The minimum Gasteiger partial charge on any atom is -0.384 e. The number of thioether (sulfide) groups is 1. The summed E-state index contributed by atoms with van der Waals surface area (Å²) in [7, 11) is 0. The van der Waals surface area contributed by atoms with Crippen molar-refractivity contribution >= 4 is 61.5 Å². The Labute approximate surface area is 255 Å². The van der Waals surface area contributed by atoms with E-state index in [4.69, 9.17) is 5.73 Å². The van der Waals surface area contributed by atoms with Crippen molar-refractivity contribution in [1.82, 2.24) is 10.2 Å². The minimum atomic E-state index is -0.540. The average Bonchev–Trinajstić information content (AvgIpc) is 3.36. The van der Waals surface area contributed by atoms with E-state index in [9.17, 15) is 14.9 Å². The number of nitriles is 1. The second-order valence-corrected chi connectivity index (χ2v) is 14.1. The number of hydrogen-bond acceptors (Lipinski definition) is 9. The topological polar surface area (TPSA) is 125 Å². The maximum absolute atomic E-state index is 13.7. The van der Waals surface area contributed by atoms with Crippen LogP contribution < -0.4 is 16.0 Å². The van der Waals surface area contributed by atoms with E-state index in [0.717, 1.165) is 26.9 Å². The second-order valence-electron chi connectivity index (χ2n) is 11.1. The fraction of sp³-hybridized carbons (Fsp3) is 0.300. The fourth-order valence-corrected chi connectivity index (χ4v) is 7.57. The summed E-state index contributed by atoms with van der Waals surface area (Å²) in [4.78, 5) is 28.1. The standard InChI is InChI=1S/C30H29BrN6O2S2/c1-16-6-5-7-18(10-16)25-19(14-32)27(33)37(22-12-30(3,4)13-23(38)26(22)25)28-35-36-29(41-28)40-15-24(39)34-21-9-8-17(2)11-20(21)31/h5-11,25H,12-13,15,33H2,1-4H3,(H,34,39). The van der Waals surface area contributed by atoms with Crippen molar-refractivity contribution in [3.63, 3.8) is 0 Å². The number of carbonyl (C=O) groups excluding carboxylic acids is 2. The lowest BCUT2D eigenvalue weighted by atomic mass is 9.68. The fourth-order valence-electron chi connectivity index (χ4n) is 5.30. The quantitative estimate of drug-likeness (QED) is 0.287. The van der Waals surface area contributed by atoms with E-state index in [1.165, 1.54) is 23.1 Å². The van der Waals surface area contributed by atoms with E-state index in [1.807, 2.05) is 56.3 Å². The molecule has 0 spiro atoms. The van der Waals surface area contributed by atoms with Crippen molar-refractivity contribution < 1.29 is 9.59 Å². The van der Waals surface area contributed by atoms with Crippen molar-refractivity contribution in [1.29, 1.82) is 5.26 Å². The Morgan fingerprint density at radius 2 is 1.98 bits per heavy atom. The van der Waals surface area contributed by atoms with Gasteiger partial charge in [-0.1, -0.05) is 72.8 Å². The summed E-state index contributed by atoms with van der Waals surface area (Å²) in [5.74, 6) is -0.324. The molecule has 5 rings (SSSR count). The van der Waals surface area contributed by atoms with Gasteiger partial charge in [-0.25, -0.2) is 0 Å². The van der Waals surface area contributed by atoms with Crippen LogP contribution in [0, 0.1) is 30.6 Å². The summed E-state index contributed by atoms with van der Waals surface area (Å²) < 4.78 is 1.39. The molecule has 0 saturated heterocycles. The number of allylic oxidation sites excluding steroid dienone is 3. The van der Waals surface area contributed by atoms with Crippen LogP contribution in [0.15, 0.2) is 73.9 Å². The Morgan fingerprint density at radius 3 is 2.68 bits per heavy atom. The third-order valence-electron chi connectivity index (χ3n) is 7.07. The van der Waals surface area contributed by atoms with E-state index in [0.29, 0.717) is 39.1 Å². The van der Waals surface area contributed by atoms with Gasteiger partial charge < -0.3 is 11.1 Å². The van der Waals surface area contributed by atoms with Crippen LogP contribution in [0.25, 0.3) is 0 Å². The van der Waals surface area contributed by atoms with Gasteiger partial charge in [-0.15, -0.1) is 10.2 Å². The van der Waals surface area contributed by atoms with E-state index in [1.54, 1.807) is 4.90 Å². The molecule has 2 heterocycles. The van der Waals surface area contributed by atoms with Gasteiger partial charge in [0.05, 0.1) is 29.0 Å². The van der Waals surface area contributed by atoms with Crippen molar-refractivity contribution in [3.8, 4) is 6.07 Å². The van der Waals surface area contributed by atoms with Crippen LogP contribution in [0.5, 0.6) is 0 Å². The lowest BCUT2D eigenvalue weighted by molar-refractivity contribution is -0.118. The highest BCUT2D eigenvalue weighted by Crippen LogP contribution is 2.50. The average molecular weight is 650 g/mol. The number of aryl methyl sites for hydroxylation is 2. The number of nitrogens with zero attached hydrogens (tertiary/aromatic N) is 4. The van der Waals surface area contributed by atoms with Crippen molar-refractivity contribution in [2.24, 2.45) is 11.1 Å². The third-order valence-corrected chi connectivity index (χ3v) is 9.77. The maximum Gasteiger partial charge on any atom is 0.234 e.